The Kier molecular flexibility index (Phi) is 3.57. The highest BCUT2D eigenvalue weighted by molar-refractivity contribution is 5.38. The highest BCUT2D eigenvalue weighted by Gasteiger charge is 2.16. The van der Waals surface area contributed by atoms with E-state index < -0.39 is 6.10 Å². The molecule has 6 heteroatoms. The van der Waals surface area contributed by atoms with Gasteiger partial charge in [-0.1, -0.05) is 12.1 Å². The van der Waals surface area contributed by atoms with Crippen LogP contribution in [0.3, 0.4) is 0 Å². The number of aromatic nitrogens is 4. The van der Waals surface area contributed by atoms with Crippen LogP contribution in [0, 0.1) is 6.92 Å². The Morgan fingerprint density at radius 1 is 1.44 bits per heavy atom. The van der Waals surface area contributed by atoms with Crippen molar-refractivity contribution >= 4 is 0 Å². The molecule has 96 valence electrons. The molecule has 2 aromatic rings. The lowest BCUT2D eigenvalue weighted by Crippen LogP contribution is -2.06. The summed E-state index contributed by atoms with van der Waals surface area (Å²) < 4.78 is 5.27. The van der Waals surface area contributed by atoms with E-state index in [-0.39, 0.29) is 0 Å². The molecule has 1 heterocycles. The number of rotatable bonds is 4. The second kappa shape index (κ2) is 5.14. The predicted molar refractivity (Wildman–Crippen MR) is 65.2 cm³/mol. The predicted octanol–water partition coefficient (Wildman–Crippen LogP) is 0.803. The molecule has 0 spiro atoms. The van der Waals surface area contributed by atoms with Gasteiger partial charge in [0, 0.05) is 12.0 Å². The minimum absolute atomic E-state index is 0.313. The van der Waals surface area contributed by atoms with Gasteiger partial charge in [-0.2, -0.15) is 4.80 Å². The van der Waals surface area contributed by atoms with Crippen LogP contribution in [0.4, 0.5) is 0 Å². The zero-order valence-electron chi connectivity index (χ0n) is 10.7. The van der Waals surface area contributed by atoms with E-state index in [1.165, 1.54) is 4.80 Å². The van der Waals surface area contributed by atoms with Crippen LogP contribution in [0.15, 0.2) is 18.2 Å². The number of aliphatic hydroxyl groups excluding tert-OH is 1. The highest BCUT2D eigenvalue weighted by Crippen LogP contribution is 2.27. The molecule has 6 nitrogen and oxygen atoms in total. The Morgan fingerprint density at radius 3 is 2.83 bits per heavy atom. The number of aliphatic hydroxyl groups is 1. The lowest BCUT2D eigenvalue weighted by molar-refractivity contribution is 0.171. The van der Waals surface area contributed by atoms with Crippen LogP contribution in [0.1, 0.15) is 23.1 Å². The van der Waals surface area contributed by atoms with E-state index in [1.807, 2.05) is 25.1 Å². The van der Waals surface area contributed by atoms with Gasteiger partial charge in [-0.25, -0.2) is 0 Å². The van der Waals surface area contributed by atoms with Gasteiger partial charge in [-0.3, -0.25) is 0 Å². The van der Waals surface area contributed by atoms with Crippen molar-refractivity contribution < 1.29 is 9.84 Å². The SMILES string of the molecule is COc1cc(C)ccc1C(O)Cc1nnn(C)n1. The Morgan fingerprint density at radius 2 is 2.22 bits per heavy atom. The Balaban J connectivity index is 2.20. The summed E-state index contributed by atoms with van der Waals surface area (Å²) in [6.45, 7) is 1.98. The topological polar surface area (TPSA) is 73.1 Å². The summed E-state index contributed by atoms with van der Waals surface area (Å²) in [6.07, 6.45) is -0.391. The van der Waals surface area contributed by atoms with Crippen LogP contribution in [-0.2, 0) is 13.5 Å². The van der Waals surface area contributed by atoms with Crippen molar-refractivity contribution in [3.8, 4) is 5.75 Å². The highest BCUT2D eigenvalue weighted by atomic mass is 16.5. The quantitative estimate of drug-likeness (QED) is 0.866. The summed E-state index contributed by atoms with van der Waals surface area (Å²) in [6, 6.07) is 5.68. The average Bonchev–Trinajstić information content (AvgIpc) is 2.74. The monoisotopic (exact) mass is 248 g/mol. The number of nitrogens with zero attached hydrogens (tertiary/aromatic N) is 4. The van der Waals surface area contributed by atoms with E-state index in [0.717, 1.165) is 11.1 Å². The number of hydrogen-bond donors (Lipinski definition) is 1. The Hall–Kier alpha value is -1.95. The molecule has 0 saturated carbocycles. The van der Waals surface area contributed by atoms with E-state index in [1.54, 1.807) is 14.2 Å². The first-order valence-electron chi connectivity index (χ1n) is 5.65. The van der Waals surface area contributed by atoms with Crippen molar-refractivity contribution in [2.75, 3.05) is 7.11 Å². The molecule has 1 atom stereocenters. The maximum absolute atomic E-state index is 10.2. The second-order valence-electron chi connectivity index (χ2n) is 4.16. The van der Waals surface area contributed by atoms with Gasteiger partial charge in [0.05, 0.1) is 20.3 Å². The summed E-state index contributed by atoms with van der Waals surface area (Å²) >= 11 is 0. The van der Waals surface area contributed by atoms with Gasteiger partial charge < -0.3 is 9.84 Å². The molecular weight excluding hydrogens is 232 g/mol. The van der Waals surface area contributed by atoms with Gasteiger partial charge in [-0.15, -0.1) is 10.2 Å². The first-order valence-corrected chi connectivity index (χ1v) is 5.65. The van der Waals surface area contributed by atoms with Crippen molar-refractivity contribution in [1.29, 1.82) is 0 Å². The van der Waals surface area contributed by atoms with Crippen LogP contribution < -0.4 is 4.74 Å². The van der Waals surface area contributed by atoms with Gasteiger partial charge in [0.15, 0.2) is 5.82 Å². The molecule has 0 aliphatic heterocycles. The summed E-state index contributed by atoms with van der Waals surface area (Å²) in [4.78, 5) is 1.37. The number of methoxy groups -OCH3 is 1. The molecule has 0 aliphatic rings. The van der Waals surface area contributed by atoms with Crippen LogP contribution in [0.25, 0.3) is 0 Å². The summed E-state index contributed by atoms with van der Waals surface area (Å²) in [5.41, 5.74) is 1.82. The standard InChI is InChI=1S/C12H16N4O2/c1-8-4-5-9(11(6-8)18-3)10(17)7-12-13-15-16(2)14-12/h4-6,10,17H,7H2,1-3H3. The first kappa shape index (κ1) is 12.5. The molecule has 0 saturated heterocycles. The Labute approximate surface area is 105 Å². The van der Waals surface area contributed by atoms with Crippen molar-refractivity contribution in [2.24, 2.45) is 7.05 Å². The largest absolute Gasteiger partial charge is 0.496 e. The van der Waals surface area contributed by atoms with Crippen LogP contribution in [-0.4, -0.2) is 32.4 Å². The van der Waals surface area contributed by atoms with Crippen molar-refractivity contribution in [1.82, 2.24) is 20.2 Å². The molecule has 0 aliphatic carbocycles. The Bertz CT molecular complexity index is 539. The molecule has 0 amide bonds. The smallest absolute Gasteiger partial charge is 0.177 e. The first-order chi connectivity index (χ1) is 8.60. The minimum Gasteiger partial charge on any atom is -0.496 e. The van der Waals surface area contributed by atoms with Gasteiger partial charge >= 0.3 is 0 Å². The van der Waals surface area contributed by atoms with Crippen molar-refractivity contribution in [3.05, 3.63) is 35.2 Å². The molecule has 1 aromatic heterocycles. The molecular formula is C12H16N4O2. The third kappa shape index (κ3) is 2.65. The molecule has 0 bridgehead atoms. The molecule has 1 aromatic carbocycles. The molecule has 0 radical (unpaired) electrons. The summed E-state index contributed by atoms with van der Waals surface area (Å²) in [5, 5.41) is 21.8. The third-order valence-electron chi connectivity index (χ3n) is 2.67. The fourth-order valence-corrected chi connectivity index (χ4v) is 1.78. The van der Waals surface area contributed by atoms with Gasteiger partial charge in [0.2, 0.25) is 0 Å². The maximum Gasteiger partial charge on any atom is 0.177 e. The van der Waals surface area contributed by atoms with Crippen LogP contribution in [0.5, 0.6) is 5.75 Å². The summed E-state index contributed by atoms with van der Waals surface area (Å²) in [5.74, 6) is 1.18. The molecule has 0 fully saturated rings. The fraction of sp³-hybridized carbons (Fsp3) is 0.417. The average molecular weight is 248 g/mol. The summed E-state index contributed by atoms with van der Waals surface area (Å²) in [7, 11) is 3.28. The zero-order chi connectivity index (χ0) is 13.1. The molecule has 1 unspecified atom stereocenters. The molecule has 18 heavy (non-hydrogen) atoms. The molecule has 1 N–H and O–H groups in total. The number of aryl methyl sites for hydroxylation is 2. The van der Waals surface area contributed by atoms with Gasteiger partial charge in [0.25, 0.3) is 0 Å². The van der Waals surface area contributed by atoms with Gasteiger partial charge in [-0.05, 0) is 23.8 Å². The zero-order valence-corrected chi connectivity index (χ0v) is 10.7. The van der Waals surface area contributed by atoms with E-state index in [2.05, 4.69) is 15.4 Å². The second-order valence-corrected chi connectivity index (χ2v) is 4.16. The lowest BCUT2D eigenvalue weighted by Gasteiger charge is -2.13. The van der Waals surface area contributed by atoms with Crippen LogP contribution in [0.2, 0.25) is 0 Å². The van der Waals surface area contributed by atoms with Gasteiger partial charge in [0.1, 0.15) is 5.75 Å². The fourth-order valence-electron chi connectivity index (χ4n) is 1.78. The normalized spacial score (nSPS) is 12.4. The maximum atomic E-state index is 10.2. The number of ether oxygens (including phenoxy) is 1. The van der Waals surface area contributed by atoms with Crippen LogP contribution >= 0.6 is 0 Å². The van der Waals surface area contributed by atoms with E-state index >= 15 is 0 Å². The van der Waals surface area contributed by atoms with E-state index in [4.69, 9.17) is 4.74 Å². The van der Waals surface area contributed by atoms with E-state index in [0.29, 0.717) is 18.0 Å². The van der Waals surface area contributed by atoms with Crippen molar-refractivity contribution in [3.63, 3.8) is 0 Å². The van der Waals surface area contributed by atoms with Crippen molar-refractivity contribution in [2.45, 2.75) is 19.4 Å². The van der Waals surface area contributed by atoms with E-state index in [9.17, 15) is 5.11 Å². The lowest BCUT2D eigenvalue weighted by atomic mass is 10.0. The number of hydrogen-bond acceptors (Lipinski definition) is 5. The minimum atomic E-state index is -0.704. The third-order valence-corrected chi connectivity index (χ3v) is 2.67. The molecule has 2 rings (SSSR count). The number of benzene rings is 1. The number of tetrazole rings is 1.